The molecule has 0 saturated carbocycles. The van der Waals surface area contributed by atoms with Gasteiger partial charge >= 0.3 is 5.97 Å². The van der Waals surface area contributed by atoms with Crippen LogP contribution in [0.1, 0.15) is 69.0 Å². The highest BCUT2D eigenvalue weighted by Gasteiger charge is 2.42. The molecule has 3 aromatic carbocycles. The first-order chi connectivity index (χ1) is 21.2. The maximum atomic E-state index is 14.4. The van der Waals surface area contributed by atoms with Crippen molar-refractivity contribution in [1.29, 1.82) is 0 Å². The van der Waals surface area contributed by atoms with Crippen LogP contribution in [0.4, 0.5) is 11.4 Å². The molecule has 3 aromatic rings. The molecule has 0 radical (unpaired) electrons. The molecular weight excluding hydrogens is 560 g/mol. The first kappa shape index (κ1) is 30.7. The number of fused-ring (bicyclic) bond motifs is 1. The first-order valence-corrected chi connectivity index (χ1v) is 14.9. The maximum Gasteiger partial charge on any atom is 0.303 e. The van der Waals surface area contributed by atoms with Crippen LogP contribution in [0, 0.1) is 0 Å². The van der Waals surface area contributed by atoms with E-state index in [1.807, 2.05) is 80.6 Å². The number of anilines is 2. The maximum absolute atomic E-state index is 14.4. The van der Waals surface area contributed by atoms with Crippen molar-refractivity contribution in [3.8, 4) is 17.2 Å². The summed E-state index contributed by atoms with van der Waals surface area (Å²) in [5.74, 6) is 0.0439. The van der Waals surface area contributed by atoms with Crippen LogP contribution in [0.15, 0.2) is 78.0 Å². The van der Waals surface area contributed by atoms with Crippen LogP contribution >= 0.6 is 0 Å². The lowest BCUT2D eigenvalue weighted by molar-refractivity contribution is -0.138. The molecule has 5 rings (SSSR count). The van der Waals surface area contributed by atoms with Gasteiger partial charge in [0.1, 0.15) is 5.75 Å². The van der Waals surface area contributed by atoms with Crippen LogP contribution in [0.3, 0.4) is 0 Å². The van der Waals surface area contributed by atoms with E-state index in [9.17, 15) is 19.5 Å². The number of carboxylic acid groups (broad SMARTS) is 1. The predicted molar refractivity (Wildman–Crippen MR) is 168 cm³/mol. The van der Waals surface area contributed by atoms with E-state index in [0.717, 1.165) is 12.0 Å². The van der Waals surface area contributed by atoms with Crippen molar-refractivity contribution in [3.63, 3.8) is 0 Å². The minimum atomic E-state index is -1.07. The minimum absolute atomic E-state index is 0.103. The standard InChI is InChI=1S/C35H38N2O7/c1-5-21(2)44-29-13-9-6-10-24(29)35-34-26(18-23(19-28(34)38)22-14-15-30(42-3)31(20-22)43-4)36-25-11-7-8-12-27(25)37(35)32(39)16-17-33(40)41/h6-15,20-21,23,35-36H,5,16-19H2,1-4H3,(H,40,41)/t21-,23+,35+/m1/s1. The second-order valence-electron chi connectivity index (χ2n) is 11.1. The molecule has 9 nitrogen and oxygen atoms in total. The molecule has 1 aliphatic heterocycles. The Morgan fingerprint density at radius 3 is 2.41 bits per heavy atom. The summed E-state index contributed by atoms with van der Waals surface area (Å²) in [5, 5.41) is 12.9. The van der Waals surface area contributed by atoms with E-state index in [4.69, 9.17) is 14.2 Å². The molecule has 2 aliphatic rings. The number of para-hydroxylation sites is 3. The van der Waals surface area contributed by atoms with Crippen molar-refractivity contribution in [1.82, 2.24) is 0 Å². The van der Waals surface area contributed by atoms with Gasteiger partial charge in [0.2, 0.25) is 5.91 Å². The number of carbonyl (C=O) groups is 3. The number of benzene rings is 3. The molecule has 3 atom stereocenters. The summed E-state index contributed by atoms with van der Waals surface area (Å²) in [6.45, 7) is 4.00. The Bertz CT molecular complexity index is 1600. The SMILES string of the molecule is CC[C@@H](C)Oc1ccccc1[C@H]1C2=C(C[C@H](c3ccc(OC)c(OC)c3)CC2=O)Nc2ccccc2N1C(=O)CCC(=O)O. The second kappa shape index (κ2) is 13.2. The molecule has 1 amide bonds. The van der Waals surface area contributed by atoms with Gasteiger partial charge in [-0.25, -0.2) is 0 Å². The van der Waals surface area contributed by atoms with Gasteiger partial charge in [0.05, 0.1) is 44.2 Å². The average Bonchev–Trinajstić information content (AvgIpc) is 3.18. The summed E-state index contributed by atoms with van der Waals surface area (Å²) in [7, 11) is 3.16. The Balaban J connectivity index is 1.69. The summed E-state index contributed by atoms with van der Waals surface area (Å²) in [4.78, 5) is 41.5. The minimum Gasteiger partial charge on any atom is -0.493 e. The van der Waals surface area contributed by atoms with Crippen LogP contribution < -0.4 is 24.4 Å². The molecule has 1 heterocycles. The summed E-state index contributed by atoms with van der Waals surface area (Å²) in [6, 6.07) is 19.7. The number of ether oxygens (including phenoxy) is 3. The number of hydrogen-bond acceptors (Lipinski definition) is 7. The number of ketones is 1. The van der Waals surface area contributed by atoms with Crippen LogP contribution in [0.25, 0.3) is 0 Å². The second-order valence-corrected chi connectivity index (χ2v) is 11.1. The summed E-state index contributed by atoms with van der Waals surface area (Å²) in [6.07, 6.45) is 0.837. The number of hydrogen-bond donors (Lipinski definition) is 2. The molecule has 2 N–H and O–H groups in total. The Labute approximate surface area is 257 Å². The predicted octanol–water partition coefficient (Wildman–Crippen LogP) is 6.65. The molecule has 1 aliphatic carbocycles. The number of amides is 1. The molecule has 0 fully saturated rings. The lowest BCUT2D eigenvalue weighted by atomic mass is 9.78. The molecule has 0 aromatic heterocycles. The normalized spacial score (nSPS) is 18.4. The third-order valence-corrected chi connectivity index (χ3v) is 8.31. The lowest BCUT2D eigenvalue weighted by Crippen LogP contribution is -2.39. The number of carboxylic acids is 1. The Morgan fingerprint density at radius 1 is 0.955 bits per heavy atom. The number of Topliss-reactive ketones (excluding diaryl/α,β-unsaturated/α-hetero) is 1. The van der Waals surface area contributed by atoms with Gasteiger partial charge < -0.3 is 24.6 Å². The Hall–Kier alpha value is -4.79. The third-order valence-electron chi connectivity index (χ3n) is 8.31. The van der Waals surface area contributed by atoms with Crippen molar-refractivity contribution in [2.45, 2.75) is 64.0 Å². The summed E-state index contributed by atoms with van der Waals surface area (Å²) in [5.41, 5.74) is 4.02. The number of methoxy groups -OCH3 is 2. The number of aliphatic carboxylic acids is 1. The zero-order chi connectivity index (χ0) is 31.4. The smallest absolute Gasteiger partial charge is 0.303 e. The van der Waals surface area contributed by atoms with Crippen molar-refractivity contribution < 1.29 is 33.7 Å². The van der Waals surface area contributed by atoms with Gasteiger partial charge in [-0.2, -0.15) is 0 Å². The van der Waals surface area contributed by atoms with Crippen LogP contribution in [0.2, 0.25) is 0 Å². The Kier molecular flexibility index (Phi) is 9.23. The molecule has 0 unspecified atom stereocenters. The van der Waals surface area contributed by atoms with Gasteiger partial charge in [-0.3, -0.25) is 19.3 Å². The fourth-order valence-electron chi connectivity index (χ4n) is 5.95. The zero-order valence-corrected chi connectivity index (χ0v) is 25.5. The van der Waals surface area contributed by atoms with Gasteiger partial charge in [-0.05, 0) is 61.6 Å². The quantitative estimate of drug-likeness (QED) is 0.267. The number of nitrogens with one attached hydrogen (secondary N) is 1. The third kappa shape index (κ3) is 6.13. The van der Waals surface area contributed by atoms with Crippen molar-refractivity contribution in [2.24, 2.45) is 0 Å². The fourth-order valence-corrected chi connectivity index (χ4v) is 5.95. The topological polar surface area (TPSA) is 114 Å². The number of nitrogens with zero attached hydrogens (tertiary/aromatic N) is 1. The van der Waals surface area contributed by atoms with Gasteiger partial charge in [0.25, 0.3) is 0 Å². The molecule has 44 heavy (non-hydrogen) atoms. The largest absolute Gasteiger partial charge is 0.493 e. The van der Waals surface area contributed by atoms with Gasteiger partial charge in [-0.1, -0.05) is 43.3 Å². The van der Waals surface area contributed by atoms with E-state index in [0.29, 0.717) is 51.9 Å². The highest BCUT2D eigenvalue weighted by Crippen LogP contribution is 2.49. The number of carbonyl (C=O) groups excluding carboxylic acids is 2. The van der Waals surface area contributed by atoms with Gasteiger partial charge in [0.15, 0.2) is 17.3 Å². The van der Waals surface area contributed by atoms with Crippen LogP contribution in [-0.2, 0) is 14.4 Å². The zero-order valence-electron chi connectivity index (χ0n) is 25.5. The van der Waals surface area contributed by atoms with E-state index in [1.54, 1.807) is 19.1 Å². The lowest BCUT2D eigenvalue weighted by Gasteiger charge is -2.36. The molecule has 9 heteroatoms. The van der Waals surface area contributed by atoms with Gasteiger partial charge in [-0.15, -0.1) is 0 Å². The summed E-state index contributed by atoms with van der Waals surface area (Å²) < 4.78 is 17.3. The summed E-state index contributed by atoms with van der Waals surface area (Å²) >= 11 is 0. The molecular formula is C35H38N2O7. The van der Waals surface area contributed by atoms with Crippen LogP contribution in [0.5, 0.6) is 17.2 Å². The van der Waals surface area contributed by atoms with Crippen molar-refractivity contribution in [2.75, 3.05) is 24.4 Å². The van der Waals surface area contributed by atoms with Crippen LogP contribution in [-0.4, -0.2) is 43.1 Å². The van der Waals surface area contributed by atoms with E-state index in [2.05, 4.69) is 5.32 Å². The van der Waals surface area contributed by atoms with Gasteiger partial charge in [0, 0.05) is 29.7 Å². The molecule has 0 bridgehead atoms. The van der Waals surface area contributed by atoms with Crippen molar-refractivity contribution >= 4 is 29.0 Å². The first-order valence-electron chi connectivity index (χ1n) is 14.9. The highest BCUT2D eigenvalue weighted by molar-refractivity contribution is 6.07. The molecule has 0 saturated heterocycles. The number of allylic oxidation sites excluding steroid dienone is 1. The highest BCUT2D eigenvalue weighted by atomic mass is 16.5. The van der Waals surface area contributed by atoms with E-state index >= 15 is 0 Å². The van der Waals surface area contributed by atoms with Crippen molar-refractivity contribution in [3.05, 3.63) is 89.1 Å². The average molecular weight is 599 g/mol. The number of rotatable bonds is 10. The van der Waals surface area contributed by atoms with E-state index < -0.39 is 17.9 Å². The molecule has 0 spiro atoms. The van der Waals surface area contributed by atoms with E-state index in [1.165, 1.54) is 0 Å². The van der Waals surface area contributed by atoms with E-state index in [-0.39, 0.29) is 37.1 Å². The fraction of sp³-hybridized carbons (Fsp3) is 0.343. The molecule has 230 valence electrons. The monoisotopic (exact) mass is 598 g/mol. The Morgan fingerprint density at radius 2 is 1.68 bits per heavy atom.